The van der Waals surface area contributed by atoms with Crippen LogP contribution in [-0.4, -0.2) is 78.4 Å². The molecule has 3 atom stereocenters. The third-order valence-electron chi connectivity index (χ3n) is 5.45. The zero-order chi connectivity index (χ0) is 19.3. The minimum absolute atomic E-state index is 0.0572. The lowest BCUT2D eigenvalue weighted by molar-refractivity contribution is -0.135. The minimum Gasteiger partial charge on any atom is -0.387 e. The molecule has 2 aliphatic heterocycles. The fourth-order valence-corrected chi connectivity index (χ4v) is 4.14. The summed E-state index contributed by atoms with van der Waals surface area (Å²) >= 11 is 0. The van der Waals surface area contributed by atoms with Gasteiger partial charge in [0.1, 0.15) is 0 Å². The van der Waals surface area contributed by atoms with Gasteiger partial charge in [-0.25, -0.2) is 4.79 Å². The molecule has 26 heavy (non-hydrogen) atoms. The summed E-state index contributed by atoms with van der Waals surface area (Å²) in [5, 5.41) is 13.7. The second-order valence-electron chi connectivity index (χ2n) is 8.33. The highest BCUT2D eigenvalue weighted by molar-refractivity contribution is 5.77. The number of likely N-dealkylation sites (tertiary alicyclic amines) is 1. The summed E-state index contributed by atoms with van der Waals surface area (Å²) in [6.07, 6.45) is 4.90. The van der Waals surface area contributed by atoms with Gasteiger partial charge in [0.15, 0.2) is 0 Å². The monoisotopic (exact) mass is 369 g/mol. The summed E-state index contributed by atoms with van der Waals surface area (Å²) in [6.45, 7) is 5.67. The van der Waals surface area contributed by atoms with Crippen LogP contribution < -0.4 is 5.32 Å². The Morgan fingerprint density at radius 3 is 2.54 bits per heavy atom. The summed E-state index contributed by atoms with van der Waals surface area (Å²) in [5.41, 5.74) is -1.12. The Bertz CT molecular complexity index is 489. The van der Waals surface area contributed by atoms with Crippen molar-refractivity contribution in [1.29, 1.82) is 0 Å². The maximum absolute atomic E-state index is 12.5. The number of urea groups is 1. The molecule has 0 aromatic carbocycles. The van der Waals surface area contributed by atoms with Gasteiger partial charge in [-0.3, -0.25) is 4.79 Å². The first-order valence-electron chi connectivity index (χ1n) is 9.79. The molecular weight excluding hydrogens is 334 g/mol. The SMILES string of the molecule is CC1CC(CCNC(=O)N2CCCC(O)(CC(=O)N(C)C)C2)CC(C)O1. The van der Waals surface area contributed by atoms with Crippen LogP contribution in [0.25, 0.3) is 0 Å². The largest absolute Gasteiger partial charge is 0.387 e. The molecule has 3 amide bonds. The molecular formula is C19H35N3O4. The van der Waals surface area contributed by atoms with E-state index in [-0.39, 0.29) is 37.1 Å². The molecule has 0 radical (unpaired) electrons. The van der Waals surface area contributed by atoms with Crippen molar-refractivity contribution in [1.82, 2.24) is 15.1 Å². The molecule has 2 fully saturated rings. The number of β-amino-alcohol motifs (C(OH)–C–C–N with tert-alkyl or cyclic N) is 1. The zero-order valence-electron chi connectivity index (χ0n) is 16.7. The highest BCUT2D eigenvalue weighted by atomic mass is 16.5. The first kappa shape index (κ1) is 21.0. The highest BCUT2D eigenvalue weighted by Crippen LogP contribution is 2.27. The standard InChI is InChI=1S/C19H35N3O4/c1-14-10-16(11-15(2)26-14)6-8-20-18(24)22-9-5-7-19(25,13-22)12-17(23)21(3)4/h14-16,25H,5-13H2,1-4H3,(H,20,24). The van der Waals surface area contributed by atoms with Gasteiger partial charge < -0.3 is 25.0 Å². The lowest BCUT2D eigenvalue weighted by Gasteiger charge is -2.39. The highest BCUT2D eigenvalue weighted by Gasteiger charge is 2.37. The number of carbonyl (C=O) groups is 2. The van der Waals surface area contributed by atoms with Gasteiger partial charge in [0.25, 0.3) is 0 Å². The predicted octanol–water partition coefficient (Wildman–Crippen LogP) is 1.59. The van der Waals surface area contributed by atoms with Gasteiger partial charge in [0, 0.05) is 27.2 Å². The molecule has 0 aromatic heterocycles. The van der Waals surface area contributed by atoms with Crippen molar-refractivity contribution in [2.45, 2.75) is 70.2 Å². The van der Waals surface area contributed by atoms with Crippen molar-refractivity contribution < 1.29 is 19.4 Å². The van der Waals surface area contributed by atoms with Crippen LogP contribution in [0.3, 0.4) is 0 Å². The maximum Gasteiger partial charge on any atom is 0.317 e. The van der Waals surface area contributed by atoms with E-state index in [1.54, 1.807) is 19.0 Å². The van der Waals surface area contributed by atoms with E-state index >= 15 is 0 Å². The Labute approximate surface area is 157 Å². The molecule has 0 bridgehead atoms. The fraction of sp³-hybridized carbons (Fsp3) is 0.895. The lowest BCUT2D eigenvalue weighted by atomic mass is 9.89. The van der Waals surface area contributed by atoms with E-state index in [4.69, 9.17) is 4.74 Å². The fourth-order valence-electron chi connectivity index (χ4n) is 4.14. The number of nitrogens with zero attached hydrogens (tertiary/aromatic N) is 2. The molecule has 0 aliphatic carbocycles. The van der Waals surface area contributed by atoms with E-state index in [0.29, 0.717) is 31.8 Å². The van der Waals surface area contributed by atoms with Gasteiger partial charge in [0.05, 0.1) is 30.8 Å². The van der Waals surface area contributed by atoms with Crippen LogP contribution in [0.4, 0.5) is 4.79 Å². The topological polar surface area (TPSA) is 82.1 Å². The van der Waals surface area contributed by atoms with Gasteiger partial charge in [-0.2, -0.15) is 0 Å². The van der Waals surface area contributed by atoms with E-state index < -0.39 is 5.60 Å². The number of hydrogen-bond donors (Lipinski definition) is 2. The van der Waals surface area contributed by atoms with Gasteiger partial charge in [-0.05, 0) is 51.9 Å². The van der Waals surface area contributed by atoms with E-state index in [2.05, 4.69) is 19.2 Å². The smallest absolute Gasteiger partial charge is 0.317 e. The van der Waals surface area contributed by atoms with Crippen molar-refractivity contribution in [3.05, 3.63) is 0 Å². The molecule has 2 heterocycles. The number of amides is 3. The molecule has 7 heteroatoms. The van der Waals surface area contributed by atoms with Crippen LogP contribution in [0.5, 0.6) is 0 Å². The summed E-state index contributed by atoms with van der Waals surface area (Å²) in [6, 6.07) is -0.145. The van der Waals surface area contributed by atoms with Crippen LogP contribution >= 0.6 is 0 Å². The lowest BCUT2D eigenvalue weighted by Crippen LogP contribution is -2.54. The van der Waals surface area contributed by atoms with Crippen molar-refractivity contribution in [3.8, 4) is 0 Å². The van der Waals surface area contributed by atoms with Gasteiger partial charge in [-0.1, -0.05) is 0 Å². The van der Waals surface area contributed by atoms with Crippen LogP contribution in [0.2, 0.25) is 0 Å². The third-order valence-corrected chi connectivity index (χ3v) is 5.45. The summed E-state index contributed by atoms with van der Waals surface area (Å²) in [5.74, 6) is 0.461. The number of hydrogen-bond acceptors (Lipinski definition) is 4. The normalized spacial score (nSPS) is 32.2. The number of nitrogens with one attached hydrogen (secondary N) is 1. The van der Waals surface area contributed by atoms with Gasteiger partial charge in [0.2, 0.25) is 5.91 Å². The minimum atomic E-state index is -1.12. The Hall–Kier alpha value is -1.34. The van der Waals surface area contributed by atoms with Crippen LogP contribution in [-0.2, 0) is 9.53 Å². The van der Waals surface area contributed by atoms with Crippen LogP contribution in [0, 0.1) is 5.92 Å². The maximum atomic E-state index is 12.5. The van der Waals surface area contributed by atoms with Crippen LogP contribution in [0.15, 0.2) is 0 Å². The summed E-state index contributed by atoms with van der Waals surface area (Å²) < 4.78 is 5.76. The average Bonchev–Trinajstić information content (AvgIpc) is 2.53. The Balaban J connectivity index is 1.77. The van der Waals surface area contributed by atoms with Gasteiger partial charge in [-0.15, -0.1) is 0 Å². The Morgan fingerprint density at radius 2 is 1.92 bits per heavy atom. The second-order valence-corrected chi connectivity index (χ2v) is 8.33. The number of ether oxygens (including phenoxy) is 1. The average molecular weight is 370 g/mol. The number of rotatable bonds is 5. The zero-order valence-corrected chi connectivity index (χ0v) is 16.7. The molecule has 2 rings (SSSR count). The first-order chi connectivity index (χ1) is 12.2. The third kappa shape index (κ3) is 6.13. The predicted molar refractivity (Wildman–Crippen MR) is 99.8 cm³/mol. The number of carbonyl (C=O) groups excluding carboxylic acids is 2. The molecule has 2 N–H and O–H groups in total. The van der Waals surface area contributed by atoms with E-state index in [1.807, 2.05) is 0 Å². The first-order valence-corrected chi connectivity index (χ1v) is 9.79. The van der Waals surface area contributed by atoms with E-state index in [1.165, 1.54) is 4.90 Å². The molecule has 2 aliphatic rings. The number of aliphatic hydroxyl groups is 1. The molecule has 7 nitrogen and oxygen atoms in total. The van der Waals surface area contributed by atoms with Crippen LogP contribution in [0.1, 0.15) is 52.4 Å². The second kappa shape index (κ2) is 9.04. The molecule has 2 saturated heterocycles. The Morgan fingerprint density at radius 1 is 1.27 bits per heavy atom. The quantitative estimate of drug-likeness (QED) is 0.771. The van der Waals surface area contributed by atoms with Gasteiger partial charge >= 0.3 is 6.03 Å². The molecule has 0 aromatic rings. The Kier molecular flexibility index (Phi) is 7.29. The summed E-state index contributed by atoms with van der Waals surface area (Å²) in [7, 11) is 3.36. The van der Waals surface area contributed by atoms with Crippen molar-refractivity contribution in [3.63, 3.8) is 0 Å². The van der Waals surface area contributed by atoms with Crippen molar-refractivity contribution in [2.24, 2.45) is 5.92 Å². The number of piperidine rings is 1. The molecule has 0 spiro atoms. The summed E-state index contributed by atoms with van der Waals surface area (Å²) in [4.78, 5) is 27.5. The van der Waals surface area contributed by atoms with E-state index in [9.17, 15) is 14.7 Å². The van der Waals surface area contributed by atoms with E-state index in [0.717, 1.165) is 19.3 Å². The molecule has 150 valence electrons. The molecule has 0 saturated carbocycles. The van der Waals surface area contributed by atoms with Crippen molar-refractivity contribution >= 4 is 11.9 Å². The molecule has 3 unspecified atom stereocenters. The van der Waals surface area contributed by atoms with Crippen molar-refractivity contribution in [2.75, 3.05) is 33.7 Å².